The van der Waals surface area contributed by atoms with Gasteiger partial charge in [0.1, 0.15) is 0 Å². The maximum atomic E-state index is 9.28. The molecule has 1 fully saturated rings. The molecule has 15 heavy (non-hydrogen) atoms. The topological polar surface area (TPSA) is 46.2 Å². The van der Waals surface area contributed by atoms with Crippen molar-refractivity contribution in [3.05, 3.63) is 0 Å². The van der Waals surface area contributed by atoms with E-state index < -0.39 is 0 Å². The van der Waals surface area contributed by atoms with Crippen LogP contribution < -0.4 is 5.73 Å². The van der Waals surface area contributed by atoms with Crippen molar-refractivity contribution in [2.75, 3.05) is 6.61 Å². The minimum Gasteiger partial charge on any atom is -0.394 e. The molecule has 0 aromatic heterocycles. The van der Waals surface area contributed by atoms with Crippen molar-refractivity contribution in [2.45, 2.75) is 62.5 Å². The lowest BCUT2D eigenvalue weighted by molar-refractivity contribution is 0.159. The zero-order valence-corrected chi connectivity index (χ0v) is 11.0. The molecule has 3 atom stereocenters. The fourth-order valence-electron chi connectivity index (χ4n) is 2.06. The molecule has 0 aromatic carbocycles. The Labute approximate surface area is 98.0 Å². The summed E-state index contributed by atoms with van der Waals surface area (Å²) in [5.41, 5.74) is 5.84. The van der Waals surface area contributed by atoms with Gasteiger partial charge in [0.05, 0.1) is 6.61 Å². The number of aliphatic hydroxyl groups excluding tert-OH is 1. The first kappa shape index (κ1) is 13.3. The Morgan fingerprint density at radius 2 is 2.13 bits per heavy atom. The summed E-state index contributed by atoms with van der Waals surface area (Å²) in [5, 5.41) is 10.6. The Hall–Kier alpha value is 0.270. The van der Waals surface area contributed by atoms with Gasteiger partial charge in [0.15, 0.2) is 0 Å². The molecule has 0 aliphatic heterocycles. The van der Waals surface area contributed by atoms with E-state index >= 15 is 0 Å². The van der Waals surface area contributed by atoms with Crippen molar-refractivity contribution < 1.29 is 5.11 Å². The molecule has 0 heterocycles. The summed E-state index contributed by atoms with van der Waals surface area (Å²) in [6, 6.07) is 0. The molecule has 0 amide bonds. The molecule has 1 saturated carbocycles. The molecule has 0 saturated heterocycles. The van der Waals surface area contributed by atoms with Crippen LogP contribution in [0.5, 0.6) is 0 Å². The van der Waals surface area contributed by atoms with E-state index in [2.05, 4.69) is 32.5 Å². The number of rotatable bonds is 4. The van der Waals surface area contributed by atoms with Crippen LogP contribution in [0.3, 0.4) is 0 Å². The smallest absolute Gasteiger partial charge is 0.0611 e. The zero-order chi connectivity index (χ0) is 11.5. The lowest BCUT2D eigenvalue weighted by Gasteiger charge is -2.37. The van der Waals surface area contributed by atoms with E-state index in [4.69, 9.17) is 5.73 Å². The minimum absolute atomic E-state index is 0.139. The molecule has 3 heteroatoms. The highest BCUT2D eigenvalue weighted by Crippen LogP contribution is 2.36. The quantitative estimate of drug-likeness (QED) is 0.781. The Morgan fingerprint density at radius 1 is 1.47 bits per heavy atom. The van der Waals surface area contributed by atoms with Crippen LogP contribution in [0.15, 0.2) is 0 Å². The number of nitrogens with two attached hydrogens (primary N) is 1. The Morgan fingerprint density at radius 3 is 2.67 bits per heavy atom. The summed E-state index contributed by atoms with van der Waals surface area (Å²) >= 11 is 2.06. The first-order valence-corrected chi connectivity index (χ1v) is 6.96. The third-order valence-electron chi connectivity index (χ3n) is 3.50. The Balaban J connectivity index is 2.43. The first-order chi connectivity index (χ1) is 6.97. The van der Waals surface area contributed by atoms with Gasteiger partial charge in [0.2, 0.25) is 0 Å². The van der Waals surface area contributed by atoms with Crippen molar-refractivity contribution >= 4 is 11.8 Å². The monoisotopic (exact) mass is 231 g/mol. The molecule has 0 radical (unpaired) electrons. The largest absolute Gasteiger partial charge is 0.394 e. The van der Waals surface area contributed by atoms with Crippen molar-refractivity contribution in [1.29, 1.82) is 0 Å². The summed E-state index contributed by atoms with van der Waals surface area (Å²) in [5.74, 6) is 0.721. The second kappa shape index (κ2) is 5.55. The van der Waals surface area contributed by atoms with Crippen LogP contribution in [-0.4, -0.2) is 27.8 Å². The average Bonchev–Trinajstić information content (AvgIpc) is 2.18. The third kappa shape index (κ3) is 3.97. The first-order valence-electron chi connectivity index (χ1n) is 6.02. The van der Waals surface area contributed by atoms with Crippen molar-refractivity contribution in [3.63, 3.8) is 0 Å². The standard InChI is InChI=1S/C12H25NOS/c1-9(2)10(3)15-11-5-4-6-12(13,7-11)8-14/h9-11,14H,4-8,13H2,1-3H3. The van der Waals surface area contributed by atoms with Crippen LogP contribution in [0.2, 0.25) is 0 Å². The fourth-order valence-corrected chi connectivity index (χ4v) is 3.71. The van der Waals surface area contributed by atoms with E-state index in [1.807, 2.05) is 0 Å². The lowest BCUT2D eigenvalue weighted by Crippen LogP contribution is -2.48. The zero-order valence-electron chi connectivity index (χ0n) is 10.2. The second-order valence-electron chi connectivity index (χ2n) is 5.32. The molecular formula is C12H25NOS. The van der Waals surface area contributed by atoms with Crippen LogP contribution in [0.25, 0.3) is 0 Å². The van der Waals surface area contributed by atoms with Crippen molar-refractivity contribution in [3.8, 4) is 0 Å². The van der Waals surface area contributed by atoms with Gasteiger partial charge >= 0.3 is 0 Å². The summed E-state index contributed by atoms with van der Waals surface area (Å²) < 4.78 is 0. The normalized spacial score (nSPS) is 34.4. The molecular weight excluding hydrogens is 206 g/mol. The number of hydrogen-bond acceptors (Lipinski definition) is 3. The molecule has 1 aliphatic carbocycles. The third-order valence-corrected chi connectivity index (χ3v) is 5.26. The van der Waals surface area contributed by atoms with Crippen LogP contribution >= 0.6 is 11.8 Å². The van der Waals surface area contributed by atoms with E-state index in [1.54, 1.807) is 0 Å². The van der Waals surface area contributed by atoms with Crippen LogP contribution in [0, 0.1) is 5.92 Å². The fraction of sp³-hybridized carbons (Fsp3) is 1.00. The van der Waals surface area contributed by atoms with Gasteiger partial charge < -0.3 is 10.8 Å². The molecule has 3 unspecified atom stereocenters. The summed E-state index contributed by atoms with van der Waals surface area (Å²) in [7, 11) is 0. The van der Waals surface area contributed by atoms with Crippen LogP contribution in [0.4, 0.5) is 0 Å². The molecule has 1 aliphatic rings. The summed E-state index contributed by atoms with van der Waals surface area (Å²) in [6.45, 7) is 6.96. The highest BCUT2D eigenvalue weighted by molar-refractivity contribution is 8.00. The molecule has 1 rings (SSSR count). The van der Waals surface area contributed by atoms with Gasteiger partial charge in [-0.05, 0) is 25.2 Å². The van der Waals surface area contributed by atoms with E-state index in [-0.39, 0.29) is 12.1 Å². The second-order valence-corrected chi connectivity index (χ2v) is 7.01. The molecule has 90 valence electrons. The molecule has 2 nitrogen and oxygen atoms in total. The van der Waals surface area contributed by atoms with Gasteiger partial charge in [0, 0.05) is 16.0 Å². The summed E-state index contributed by atoms with van der Waals surface area (Å²) in [4.78, 5) is 0. The Bertz CT molecular complexity index is 198. The average molecular weight is 231 g/mol. The van der Waals surface area contributed by atoms with Gasteiger partial charge in [-0.25, -0.2) is 0 Å². The van der Waals surface area contributed by atoms with Crippen molar-refractivity contribution in [1.82, 2.24) is 0 Å². The van der Waals surface area contributed by atoms with E-state index in [9.17, 15) is 5.11 Å². The highest BCUT2D eigenvalue weighted by Gasteiger charge is 2.33. The number of hydrogen-bond donors (Lipinski definition) is 2. The molecule has 0 spiro atoms. The SMILES string of the molecule is CC(C)C(C)SC1CCCC(N)(CO)C1. The minimum atomic E-state index is -0.299. The molecule has 3 N–H and O–H groups in total. The van der Waals surface area contributed by atoms with Gasteiger partial charge in [-0.1, -0.05) is 27.2 Å². The number of thioether (sulfide) groups is 1. The van der Waals surface area contributed by atoms with Crippen LogP contribution in [0.1, 0.15) is 46.5 Å². The highest BCUT2D eigenvalue weighted by atomic mass is 32.2. The van der Waals surface area contributed by atoms with Crippen molar-refractivity contribution in [2.24, 2.45) is 11.7 Å². The predicted molar refractivity (Wildman–Crippen MR) is 68.2 cm³/mol. The van der Waals surface area contributed by atoms with Crippen LogP contribution in [-0.2, 0) is 0 Å². The summed E-state index contributed by atoms with van der Waals surface area (Å²) in [6.07, 6.45) is 4.39. The van der Waals surface area contributed by atoms with Gasteiger partial charge in [-0.15, -0.1) is 0 Å². The maximum absolute atomic E-state index is 9.28. The van der Waals surface area contributed by atoms with Gasteiger partial charge in [-0.3, -0.25) is 0 Å². The van der Waals surface area contributed by atoms with E-state index in [1.165, 1.54) is 12.8 Å². The van der Waals surface area contributed by atoms with E-state index in [0.29, 0.717) is 10.5 Å². The maximum Gasteiger partial charge on any atom is 0.0611 e. The lowest BCUT2D eigenvalue weighted by atomic mass is 9.83. The molecule has 0 bridgehead atoms. The van der Waals surface area contributed by atoms with Gasteiger partial charge in [-0.2, -0.15) is 11.8 Å². The Kier molecular flexibility index (Phi) is 4.94. The van der Waals surface area contributed by atoms with E-state index in [0.717, 1.165) is 18.8 Å². The van der Waals surface area contributed by atoms with Gasteiger partial charge in [0.25, 0.3) is 0 Å². The molecule has 0 aromatic rings. The number of aliphatic hydroxyl groups is 1. The predicted octanol–water partition coefficient (Wildman–Crippen LogP) is 2.40.